The van der Waals surface area contributed by atoms with E-state index in [-0.39, 0.29) is 17.3 Å². The number of hydrogen-bond acceptors (Lipinski definition) is 7. The van der Waals surface area contributed by atoms with Gasteiger partial charge in [-0.25, -0.2) is 4.79 Å². The number of ether oxygens (including phenoxy) is 2. The number of ketones is 1. The Morgan fingerprint density at radius 3 is 2.81 bits per heavy atom. The highest BCUT2D eigenvalue weighted by atomic mass is 32.1. The molecule has 0 fully saturated rings. The van der Waals surface area contributed by atoms with Crippen molar-refractivity contribution >= 4 is 35.1 Å². The van der Waals surface area contributed by atoms with Crippen LogP contribution in [0.3, 0.4) is 0 Å². The second kappa shape index (κ2) is 8.02. The number of rotatable bonds is 7. The third-order valence-corrected chi connectivity index (χ3v) is 4.46. The predicted octanol–water partition coefficient (Wildman–Crippen LogP) is 1.30. The molecule has 1 aromatic heterocycles. The minimum atomic E-state index is -1.40. The molecule has 2 aromatic rings. The Bertz CT molecular complexity index is 904. The molecule has 8 nitrogen and oxygen atoms in total. The third-order valence-electron chi connectivity index (χ3n) is 3.64. The van der Waals surface area contributed by atoms with Crippen molar-refractivity contribution in [1.82, 2.24) is 5.32 Å². The molecule has 1 aromatic carbocycles. The van der Waals surface area contributed by atoms with Crippen molar-refractivity contribution in [3.8, 4) is 11.5 Å². The van der Waals surface area contributed by atoms with Crippen LogP contribution in [0.5, 0.6) is 11.5 Å². The van der Waals surface area contributed by atoms with Gasteiger partial charge in [-0.3, -0.25) is 9.59 Å². The van der Waals surface area contributed by atoms with E-state index in [1.807, 2.05) is 17.5 Å². The fourth-order valence-electron chi connectivity index (χ4n) is 2.33. The van der Waals surface area contributed by atoms with Gasteiger partial charge in [0.1, 0.15) is 17.5 Å². The minimum Gasteiger partial charge on any atom is -0.484 e. The quantitative estimate of drug-likeness (QED) is 0.610. The van der Waals surface area contributed by atoms with Crippen molar-refractivity contribution in [3.63, 3.8) is 0 Å². The summed E-state index contributed by atoms with van der Waals surface area (Å²) in [5.74, 6) is -1.48. The summed E-state index contributed by atoms with van der Waals surface area (Å²) in [6, 6.07) is 6.87. The normalized spacial score (nSPS) is 15.1. The second-order valence-electron chi connectivity index (χ2n) is 5.54. The van der Waals surface area contributed by atoms with Crippen LogP contribution in [-0.4, -0.2) is 47.1 Å². The van der Waals surface area contributed by atoms with Gasteiger partial charge in [-0.05, 0) is 23.6 Å². The first-order valence-corrected chi connectivity index (χ1v) is 8.73. The van der Waals surface area contributed by atoms with Crippen LogP contribution in [0.2, 0.25) is 0 Å². The first-order valence-electron chi connectivity index (χ1n) is 7.85. The van der Waals surface area contributed by atoms with Crippen molar-refractivity contribution in [1.29, 1.82) is 0 Å². The molecule has 140 valence electrons. The summed E-state index contributed by atoms with van der Waals surface area (Å²) in [7, 11) is 0. The van der Waals surface area contributed by atoms with Crippen molar-refractivity contribution in [2.24, 2.45) is 0 Å². The lowest BCUT2D eigenvalue weighted by Gasteiger charge is -2.12. The molecule has 0 saturated heterocycles. The van der Waals surface area contributed by atoms with Gasteiger partial charge in [0, 0.05) is 17.0 Å². The van der Waals surface area contributed by atoms with E-state index in [1.54, 1.807) is 6.08 Å². The van der Waals surface area contributed by atoms with E-state index in [9.17, 15) is 14.4 Å². The lowest BCUT2D eigenvalue weighted by molar-refractivity contribution is -0.143. The highest BCUT2D eigenvalue weighted by molar-refractivity contribution is 7.10. The molecule has 3 N–H and O–H groups in total. The van der Waals surface area contributed by atoms with Crippen LogP contribution < -0.4 is 14.8 Å². The third kappa shape index (κ3) is 4.33. The minimum absolute atomic E-state index is 0.203. The Balaban J connectivity index is 1.64. The molecule has 1 aliphatic rings. The molecule has 1 aliphatic heterocycles. The summed E-state index contributed by atoms with van der Waals surface area (Å²) in [4.78, 5) is 35.7. The van der Waals surface area contributed by atoms with Gasteiger partial charge in [0.25, 0.3) is 5.91 Å². The number of carbonyl (C=O) groups is 3. The van der Waals surface area contributed by atoms with Crippen LogP contribution in [0.1, 0.15) is 15.2 Å². The number of fused-ring (bicyclic) bond motifs is 1. The zero-order valence-corrected chi connectivity index (χ0v) is 14.7. The average molecular weight is 389 g/mol. The summed E-state index contributed by atoms with van der Waals surface area (Å²) >= 11 is 1.48. The first kappa shape index (κ1) is 18.6. The largest absolute Gasteiger partial charge is 0.484 e. The monoisotopic (exact) mass is 389 g/mol. The molecular weight excluding hydrogens is 374 g/mol. The maximum atomic E-state index is 12.3. The number of allylic oxidation sites excluding steroid dienone is 1. The van der Waals surface area contributed by atoms with E-state index in [1.165, 1.54) is 29.5 Å². The number of benzene rings is 1. The van der Waals surface area contributed by atoms with Crippen LogP contribution in [-0.2, 0) is 9.59 Å². The molecule has 1 unspecified atom stereocenters. The standard InChI is InChI=1S/C18H15NO7S/c20-8-13(18(23)24)19-16(21)9-25-10-3-4-12-14(6-10)26-15(17(12)22)7-11-2-1-5-27-11/h1-7,13,20H,8-9H2,(H,19,21)(H,23,24). The molecule has 9 heteroatoms. The Kier molecular flexibility index (Phi) is 5.53. The summed E-state index contributed by atoms with van der Waals surface area (Å²) in [5, 5.41) is 21.7. The number of carbonyl (C=O) groups excluding carboxylic acids is 2. The molecule has 0 saturated carbocycles. The molecule has 3 rings (SSSR count). The zero-order valence-electron chi connectivity index (χ0n) is 13.9. The average Bonchev–Trinajstić information content (AvgIpc) is 3.26. The Morgan fingerprint density at radius 1 is 1.33 bits per heavy atom. The van der Waals surface area contributed by atoms with E-state index in [2.05, 4.69) is 5.32 Å². The Morgan fingerprint density at radius 2 is 2.15 bits per heavy atom. The second-order valence-corrected chi connectivity index (χ2v) is 6.52. The topological polar surface area (TPSA) is 122 Å². The fourth-order valence-corrected chi connectivity index (χ4v) is 2.98. The van der Waals surface area contributed by atoms with E-state index in [4.69, 9.17) is 19.7 Å². The van der Waals surface area contributed by atoms with E-state index < -0.39 is 31.1 Å². The van der Waals surface area contributed by atoms with Crippen molar-refractivity contribution in [2.75, 3.05) is 13.2 Å². The number of carboxylic acids is 1. The van der Waals surface area contributed by atoms with Gasteiger partial charge in [-0.1, -0.05) is 6.07 Å². The molecule has 27 heavy (non-hydrogen) atoms. The van der Waals surface area contributed by atoms with E-state index >= 15 is 0 Å². The molecule has 1 amide bonds. The lowest BCUT2D eigenvalue weighted by Crippen LogP contribution is -2.45. The first-order chi connectivity index (χ1) is 13.0. The van der Waals surface area contributed by atoms with Gasteiger partial charge in [0.15, 0.2) is 12.4 Å². The highest BCUT2D eigenvalue weighted by Crippen LogP contribution is 2.35. The molecule has 0 spiro atoms. The van der Waals surface area contributed by atoms with Crippen molar-refractivity contribution in [2.45, 2.75) is 6.04 Å². The molecule has 0 radical (unpaired) electrons. The molecule has 0 bridgehead atoms. The number of thiophene rings is 1. The number of aliphatic hydroxyl groups is 1. The van der Waals surface area contributed by atoms with Gasteiger partial charge in [0.2, 0.25) is 5.78 Å². The van der Waals surface area contributed by atoms with E-state index in [0.29, 0.717) is 11.3 Å². The molecule has 0 aliphatic carbocycles. The number of hydrogen-bond donors (Lipinski definition) is 3. The maximum absolute atomic E-state index is 12.3. The van der Waals surface area contributed by atoms with Gasteiger partial charge in [-0.2, -0.15) is 0 Å². The van der Waals surface area contributed by atoms with Crippen molar-refractivity contribution in [3.05, 3.63) is 51.9 Å². The Hall–Kier alpha value is -3.17. The zero-order chi connectivity index (χ0) is 19.4. The molecule has 1 atom stereocenters. The summed E-state index contributed by atoms with van der Waals surface area (Å²) < 4.78 is 10.9. The van der Waals surface area contributed by atoms with Crippen LogP contribution in [0, 0.1) is 0 Å². The van der Waals surface area contributed by atoms with Crippen molar-refractivity contribution < 1.29 is 34.1 Å². The maximum Gasteiger partial charge on any atom is 0.328 e. The van der Waals surface area contributed by atoms with E-state index in [0.717, 1.165) is 4.88 Å². The van der Waals surface area contributed by atoms with Crippen LogP contribution in [0.15, 0.2) is 41.5 Å². The van der Waals surface area contributed by atoms with Crippen LogP contribution in [0.25, 0.3) is 6.08 Å². The number of nitrogens with one attached hydrogen (secondary N) is 1. The summed E-state index contributed by atoms with van der Waals surface area (Å²) in [5.41, 5.74) is 0.390. The van der Waals surface area contributed by atoms with Gasteiger partial charge < -0.3 is 25.0 Å². The number of amides is 1. The Labute approximate surface area is 157 Å². The molecular formula is C18H15NO7S. The number of aliphatic carboxylic acids is 1. The smallest absolute Gasteiger partial charge is 0.328 e. The summed E-state index contributed by atoms with van der Waals surface area (Å²) in [6.45, 7) is -1.18. The predicted molar refractivity (Wildman–Crippen MR) is 95.8 cm³/mol. The number of Topliss-reactive ketones (excluding diaryl/α,β-unsaturated/α-hetero) is 1. The highest BCUT2D eigenvalue weighted by Gasteiger charge is 2.28. The fraction of sp³-hybridized carbons (Fsp3) is 0.167. The SMILES string of the molecule is O=C(COc1ccc2c(c1)OC(=Cc1cccs1)C2=O)NC(CO)C(=O)O. The summed E-state index contributed by atoms with van der Waals surface area (Å²) in [6.07, 6.45) is 1.65. The molecule has 2 heterocycles. The van der Waals surface area contributed by atoms with Crippen LogP contribution >= 0.6 is 11.3 Å². The number of aliphatic hydroxyl groups excluding tert-OH is 1. The van der Waals surface area contributed by atoms with Gasteiger partial charge in [0.05, 0.1) is 12.2 Å². The number of carboxylic acid groups (broad SMARTS) is 1. The van der Waals surface area contributed by atoms with Crippen LogP contribution in [0.4, 0.5) is 0 Å². The lowest BCUT2D eigenvalue weighted by atomic mass is 10.1. The van der Waals surface area contributed by atoms with Gasteiger partial charge >= 0.3 is 5.97 Å². The van der Waals surface area contributed by atoms with Gasteiger partial charge in [-0.15, -0.1) is 11.3 Å².